The molecular weight excluding hydrogens is 345 g/mol. The SMILES string of the molecule is Cc1nccc(OC2CCN(S(=O)(=O)Cc3cccc(F)c3)CC2)n1. The van der Waals surface area contributed by atoms with E-state index in [0.29, 0.717) is 43.2 Å². The molecule has 1 fully saturated rings. The topological polar surface area (TPSA) is 72.4 Å². The Labute approximate surface area is 146 Å². The molecule has 3 rings (SSSR count). The Morgan fingerprint density at radius 1 is 1.28 bits per heavy atom. The maximum atomic E-state index is 13.2. The van der Waals surface area contributed by atoms with Gasteiger partial charge >= 0.3 is 0 Å². The Hall–Kier alpha value is -2.06. The van der Waals surface area contributed by atoms with Crippen molar-refractivity contribution in [1.82, 2.24) is 14.3 Å². The molecule has 0 atom stereocenters. The highest BCUT2D eigenvalue weighted by atomic mass is 32.2. The third-order valence-electron chi connectivity index (χ3n) is 4.07. The first kappa shape index (κ1) is 17.8. The molecule has 8 heteroatoms. The van der Waals surface area contributed by atoms with Crippen molar-refractivity contribution in [1.29, 1.82) is 0 Å². The van der Waals surface area contributed by atoms with Gasteiger partial charge in [0.15, 0.2) is 0 Å². The van der Waals surface area contributed by atoms with Crippen LogP contribution in [0.25, 0.3) is 0 Å². The molecule has 0 saturated carbocycles. The second-order valence-electron chi connectivity index (χ2n) is 6.04. The van der Waals surface area contributed by atoms with Crippen molar-refractivity contribution in [2.45, 2.75) is 31.6 Å². The maximum absolute atomic E-state index is 13.2. The van der Waals surface area contributed by atoms with Crippen LogP contribution in [0.2, 0.25) is 0 Å². The number of nitrogens with zero attached hydrogens (tertiary/aromatic N) is 3. The Morgan fingerprint density at radius 2 is 2.04 bits per heavy atom. The number of aromatic nitrogens is 2. The molecule has 1 aromatic carbocycles. The van der Waals surface area contributed by atoms with Crippen LogP contribution in [0.4, 0.5) is 4.39 Å². The van der Waals surface area contributed by atoms with Crippen molar-refractivity contribution < 1.29 is 17.5 Å². The molecule has 0 amide bonds. The smallest absolute Gasteiger partial charge is 0.218 e. The third kappa shape index (κ3) is 4.73. The van der Waals surface area contributed by atoms with Gasteiger partial charge in [-0.15, -0.1) is 0 Å². The maximum Gasteiger partial charge on any atom is 0.218 e. The number of piperidine rings is 1. The Bertz CT molecular complexity index is 837. The van der Waals surface area contributed by atoms with Gasteiger partial charge in [0, 0.05) is 25.4 Å². The second-order valence-corrected chi connectivity index (χ2v) is 8.01. The zero-order valence-corrected chi connectivity index (χ0v) is 14.7. The fraction of sp³-hybridized carbons (Fsp3) is 0.412. The quantitative estimate of drug-likeness (QED) is 0.813. The van der Waals surface area contributed by atoms with Crippen LogP contribution in [0.1, 0.15) is 24.2 Å². The van der Waals surface area contributed by atoms with Crippen molar-refractivity contribution >= 4 is 10.0 Å². The Morgan fingerprint density at radius 3 is 2.72 bits per heavy atom. The van der Waals surface area contributed by atoms with Crippen molar-refractivity contribution in [2.24, 2.45) is 0 Å². The molecule has 6 nitrogen and oxygen atoms in total. The first-order chi connectivity index (χ1) is 11.9. The van der Waals surface area contributed by atoms with Crippen molar-refractivity contribution in [3.63, 3.8) is 0 Å². The summed E-state index contributed by atoms with van der Waals surface area (Å²) in [5.74, 6) is 0.516. The third-order valence-corrected chi connectivity index (χ3v) is 5.92. The van der Waals surface area contributed by atoms with E-state index in [1.807, 2.05) is 0 Å². The zero-order chi connectivity index (χ0) is 17.9. The van der Waals surface area contributed by atoms with Gasteiger partial charge in [0.1, 0.15) is 17.7 Å². The lowest BCUT2D eigenvalue weighted by atomic mass is 10.1. The normalized spacial score (nSPS) is 16.7. The summed E-state index contributed by atoms with van der Waals surface area (Å²) < 4.78 is 45.5. The Kier molecular flexibility index (Phi) is 5.29. The molecule has 25 heavy (non-hydrogen) atoms. The van der Waals surface area contributed by atoms with Crippen LogP contribution < -0.4 is 4.74 Å². The van der Waals surface area contributed by atoms with Crippen LogP contribution in [0.5, 0.6) is 5.88 Å². The van der Waals surface area contributed by atoms with E-state index in [4.69, 9.17) is 4.74 Å². The number of hydrogen-bond donors (Lipinski definition) is 0. The molecule has 0 aliphatic carbocycles. The van der Waals surface area contributed by atoms with Gasteiger partial charge in [0.25, 0.3) is 0 Å². The standard InChI is InChI=1S/C17H20FN3O3S/c1-13-19-8-5-17(20-13)24-16-6-9-21(10-7-16)25(22,23)12-14-3-2-4-15(18)11-14/h2-5,8,11,16H,6-7,9-10,12H2,1H3. The van der Waals surface area contributed by atoms with Gasteiger partial charge in [-0.25, -0.2) is 22.1 Å². The summed E-state index contributed by atoms with van der Waals surface area (Å²) in [4.78, 5) is 8.22. The molecule has 0 spiro atoms. The summed E-state index contributed by atoms with van der Waals surface area (Å²) in [7, 11) is -3.47. The summed E-state index contributed by atoms with van der Waals surface area (Å²) >= 11 is 0. The first-order valence-electron chi connectivity index (χ1n) is 8.11. The monoisotopic (exact) mass is 365 g/mol. The molecular formula is C17H20FN3O3S. The zero-order valence-electron chi connectivity index (χ0n) is 13.9. The fourth-order valence-corrected chi connectivity index (χ4v) is 4.38. The lowest BCUT2D eigenvalue weighted by Gasteiger charge is -2.31. The van der Waals surface area contributed by atoms with Gasteiger partial charge in [-0.2, -0.15) is 4.98 Å². The van der Waals surface area contributed by atoms with Crippen molar-refractivity contribution in [2.75, 3.05) is 13.1 Å². The summed E-state index contributed by atoms with van der Waals surface area (Å²) in [5.41, 5.74) is 0.454. The summed E-state index contributed by atoms with van der Waals surface area (Å²) in [6.45, 7) is 2.55. The largest absolute Gasteiger partial charge is 0.474 e. The van der Waals surface area contributed by atoms with Gasteiger partial charge in [-0.1, -0.05) is 12.1 Å². The molecule has 1 aromatic heterocycles. The Balaban J connectivity index is 1.57. The van der Waals surface area contributed by atoms with E-state index < -0.39 is 15.8 Å². The lowest BCUT2D eigenvalue weighted by molar-refractivity contribution is 0.129. The first-order valence-corrected chi connectivity index (χ1v) is 9.72. The van der Waals surface area contributed by atoms with Crippen LogP contribution in [0, 0.1) is 12.7 Å². The highest BCUT2D eigenvalue weighted by Gasteiger charge is 2.29. The highest BCUT2D eigenvalue weighted by molar-refractivity contribution is 7.88. The summed E-state index contributed by atoms with van der Waals surface area (Å²) in [5, 5.41) is 0. The minimum Gasteiger partial charge on any atom is -0.474 e. The van der Waals surface area contributed by atoms with E-state index >= 15 is 0 Å². The van der Waals surface area contributed by atoms with E-state index in [9.17, 15) is 12.8 Å². The van der Waals surface area contributed by atoms with Crippen LogP contribution in [0.3, 0.4) is 0 Å². The van der Waals surface area contributed by atoms with Crippen LogP contribution in [0.15, 0.2) is 36.5 Å². The average Bonchev–Trinajstić information content (AvgIpc) is 2.55. The van der Waals surface area contributed by atoms with Crippen LogP contribution in [-0.2, 0) is 15.8 Å². The summed E-state index contributed by atoms with van der Waals surface area (Å²) in [6, 6.07) is 7.39. The van der Waals surface area contributed by atoms with Gasteiger partial charge in [0.05, 0.1) is 5.75 Å². The van der Waals surface area contributed by atoms with E-state index in [-0.39, 0.29) is 11.9 Å². The van der Waals surface area contributed by atoms with Crippen LogP contribution in [-0.4, -0.2) is 41.9 Å². The number of ether oxygens (including phenoxy) is 1. The molecule has 1 aliphatic rings. The predicted molar refractivity (Wildman–Crippen MR) is 91.0 cm³/mol. The molecule has 2 heterocycles. The van der Waals surface area contributed by atoms with E-state index in [0.717, 1.165) is 0 Å². The summed E-state index contributed by atoms with van der Waals surface area (Å²) in [6.07, 6.45) is 2.74. The average molecular weight is 365 g/mol. The van der Waals surface area contributed by atoms with Gasteiger partial charge in [-0.3, -0.25) is 0 Å². The van der Waals surface area contributed by atoms with E-state index in [1.165, 1.54) is 22.5 Å². The minimum atomic E-state index is -3.47. The molecule has 134 valence electrons. The van der Waals surface area contributed by atoms with Gasteiger partial charge in [-0.05, 0) is 37.5 Å². The fourth-order valence-electron chi connectivity index (χ4n) is 2.83. The molecule has 0 radical (unpaired) electrons. The van der Waals surface area contributed by atoms with E-state index in [2.05, 4.69) is 9.97 Å². The number of aryl methyl sites for hydroxylation is 1. The van der Waals surface area contributed by atoms with Gasteiger partial charge in [0.2, 0.25) is 15.9 Å². The number of hydrogen-bond acceptors (Lipinski definition) is 5. The lowest BCUT2D eigenvalue weighted by Crippen LogP contribution is -2.42. The van der Waals surface area contributed by atoms with Crippen molar-refractivity contribution in [3.8, 4) is 5.88 Å². The van der Waals surface area contributed by atoms with Gasteiger partial charge < -0.3 is 4.74 Å². The molecule has 0 N–H and O–H groups in total. The van der Waals surface area contributed by atoms with Crippen molar-refractivity contribution in [3.05, 3.63) is 53.7 Å². The van der Waals surface area contributed by atoms with Crippen LogP contribution >= 0.6 is 0 Å². The number of halogens is 1. The number of benzene rings is 1. The minimum absolute atomic E-state index is 0.0741. The van der Waals surface area contributed by atoms with E-state index in [1.54, 1.807) is 25.3 Å². The molecule has 1 saturated heterocycles. The number of sulfonamides is 1. The highest BCUT2D eigenvalue weighted by Crippen LogP contribution is 2.21. The second kappa shape index (κ2) is 7.45. The molecule has 0 unspecified atom stereocenters. The molecule has 1 aliphatic heterocycles. The predicted octanol–water partition coefficient (Wildman–Crippen LogP) is 2.30. The number of rotatable bonds is 5. The molecule has 0 bridgehead atoms. The molecule has 2 aromatic rings.